The summed E-state index contributed by atoms with van der Waals surface area (Å²) in [6.45, 7) is 4.54. The minimum absolute atomic E-state index is 0.144. The molecular formula is C21H18F6N3O2P. The van der Waals surface area contributed by atoms with E-state index in [1.54, 1.807) is 37.6 Å². The first kappa shape index (κ1) is 24.6. The van der Waals surface area contributed by atoms with E-state index in [0.29, 0.717) is 23.3 Å². The number of alkyl halides is 6. The molecule has 1 aromatic heterocycles. The average Bonchev–Trinajstić information content (AvgIpc) is 2.66. The molecule has 3 rings (SSSR count). The van der Waals surface area contributed by atoms with Crippen molar-refractivity contribution in [3.05, 3.63) is 65.4 Å². The summed E-state index contributed by atoms with van der Waals surface area (Å²) in [6, 6.07) is 8.89. The molecule has 1 heterocycles. The highest BCUT2D eigenvalue weighted by Gasteiger charge is 2.37. The Hall–Kier alpha value is -3.07. The van der Waals surface area contributed by atoms with Gasteiger partial charge in [0.15, 0.2) is 0 Å². The number of nitrogens with zero attached hydrogens (tertiary/aromatic N) is 2. The minimum Gasteiger partial charge on any atom is -0.438 e. The van der Waals surface area contributed by atoms with E-state index >= 15 is 0 Å². The molecule has 176 valence electrons. The van der Waals surface area contributed by atoms with Crippen LogP contribution in [-0.2, 0) is 16.9 Å². The lowest BCUT2D eigenvalue weighted by molar-refractivity contribution is -0.140. The number of hydrogen-bond acceptors (Lipinski definition) is 5. The summed E-state index contributed by atoms with van der Waals surface area (Å²) in [5.41, 5.74) is -1.88. The van der Waals surface area contributed by atoms with Gasteiger partial charge in [-0.15, -0.1) is 0 Å². The van der Waals surface area contributed by atoms with Gasteiger partial charge < -0.3 is 14.6 Å². The summed E-state index contributed by atoms with van der Waals surface area (Å²) < 4.78 is 96.8. The Labute approximate surface area is 185 Å². The molecule has 0 aliphatic carbocycles. The van der Waals surface area contributed by atoms with E-state index in [0.717, 1.165) is 12.1 Å². The van der Waals surface area contributed by atoms with Crippen molar-refractivity contribution in [3.8, 4) is 11.6 Å². The number of rotatable bonds is 5. The number of benzene rings is 2. The summed E-state index contributed by atoms with van der Waals surface area (Å²) in [4.78, 5) is 7.35. The third kappa shape index (κ3) is 6.25. The molecule has 12 heteroatoms. The molecule has 0 fully saturated rings. The van der Waals surface area contributed by atoms with Crippen LogP contribution in [0.25, 0.3) is 0 Å². The van der Waals surface area contributed by atoms with Gasteiger partial charge >= 0.3 is 12.4 Å². The minimum atomic E-state index is -4.91. The molecule has 0 atom stereocenters. The zero-order valence-electron chi connectivity index (χ0n) is 17.5. The van der Waals surface area contributed by atoms with Crippen LogP contribution in [0.5, 0.6) is 11.6 Å². The fourth-order valence-corrected chi connectivity index (χ4v) is 3.68. The number of aryl methyl sites for hydroxylation is 1. The maximum Gasteiger partial charge on any atom is 0.423 e. The number of ether oxygens (including phenoxy) is 1. The molecule has 0 aliphatic heterocycles. The van der Waals surface area contributed by atoms with E-state index < -0.39 is 42.3 Å². The molecule has 0 radical (unpaired) electrons. The molecule has 0 spiro atoms. The van der Waals surface area contributed by atoms with Crippen molar-refractivity contribution in [2.45, 2.75) is 19.3 Å². The molecule has 3 aromatic rings. The van der Waals surface area contributed by atoms with Gasteiger partial charge in [-0.25, -0.2) is 4.98 Å². The molecule has 2 aromatic carbocycles. The largest absolute Gasteiger partial charge is 0.438 e. The Kier molecular flexibility index (Phi) is 6.48. The Morgan fingerprint density at radius 2 is 1.58 bits per heavy atom. The van der Waals surface area contributed by atoms with Crippen LogP contribution in [0.1, 0.15) is 16.7 Å². The van der Waals surface area contributed by atoms with Gasteiger partial charge in [-0.2, -0.15) is 31.3 Å². The lowest BCUT2D eigenvalue weighted by Gasteiger charge is -2.15. The van der Waals surface area contributed by atoms with Gasteiger partial charge in [-0.05, 0) is 68.3 Å². The standard InChI is InChI=1S/C21H18F6N3O2P/c1-12-8-13(20(22,23)24)10-15(9-12)32-18-17(21(25,26)27)11-28-19(30-18)29-14-4-6-16(7-5-14)33(2,3)31/h4-11H,1-3H3,(H,28,29,30). The lowest BCUT2D eigenvalue weighted by Crippen LogP contribution is -2.11. The van der Waals surface area contributed by atoms with E-state index in [9.17, 15) is 30.9 Å². The van der Waals surface area contributed by atoms with Crippen molar-refractivity contribution in [1.82, 2.24) is 9.97 Å². The third-order valence-electron chi connectivity index (χ3n) is 4.40. The predicted molar refractivity (Wildman–Crippen MR) is 112 cm³/mol. The first-order valence-electron chi connectivity index (χ1n) is 9.36. The lowest BCUT2D eigenvalue weighted by atomic mass is 10.1. The fourth-order valence-electron chi connectivity index (χ4n) is 2.81. The third-order valence-corrected chi connectivity index (χ3v) is 5.94. The number of anilines is 2. The van der Waals surface area contributed by atoms with Crippen molar-refractivity contribution < 1.29 is 35.6 Å². The van der Waals surface area contributed by atoms with Crippen molar-refractivity contribution in [1.29, 1.82) is 0 Å². The molecule has 0 unspecified atom stereocenters. The Balaban J connectivity index is 1.96. The summed E-state index contributed by atoms with van der Waals surface area (Å²) in [5.74, 6) is -1.68. The molecule has 0 saturated carbocycles. The van der Waals surface area contributed by atoms with E-state index in [-0.39, 0.29) is 11.5 Å². The van der Waals surface area contributed by atoms with Gasteiger partial charge in [0, 0.05) is 17.2 Å². The zero-order valence-corrected chi connectivity index (χ0v) is 18.4. The maximum absolute atomic E-state index is 13.4. The van der Waals surface area contributed by atoms with E-state index in [4.69, 9.17) is 4.74 Å². The predicted octanol–water partition coefficient (Wildman–Crippen LogP) is 6.61. The highest BCUT2D eigenvalue weighted by molar-refractivity contribution is 7.70. The second kappa shape index (κ2) is 8.70. The first-order chi connectivity index (χ1) is 15.1. The quantitative estimate of drug-likeness (QED) is 0.323. The van der Waals surface area contributed by atoms with Gasteiger partial charge in [0.2, 0.25) is 11.8 Å². The van der Waals surface area contributed by atoms with Gasteiger partial charge in [0.1, 0.15) is 18.5 Å². The topological polar surface area (TPSA) is 64.1 Å². The van der Waals surface area contributed by atoms with Gasteiger partial charge in [0.05, 0.1) is 5.56 Å². The van der Waals surface area contributed by atoms with Crippen LogP contribution < -0.4 is 15.4 Å². The summed E-state index contributed by atoms with van der Waals surface area (Å²) in [5, 5.41) is 3.30. The number of nitrogens with one attached hydrogen (secondary N) is 1. The van der Waals surface area contributed by atoms with Gasteiger partial charge in [-0.3, -0.25) is 0 Å². The Bertz CT molecular complexity index is 1200. The molecule has 0 aliphatic rings. The smallest absolute Gasteiger partial charge is 0.423 e. The van der Waals surface area contributed by atoms with E-state index in [1.807, 2.05) is 0 Å². The van der Waals surface area contributed by atoms with Crippen molar-refractivity contribution in [2.24, 2.45) is 0 Å². The van der Waals surface area contributed by atoms with Crippen LogP contribution >= 0.6 is 7.14 Å². The van der Waals surface area contributed by atoms with Crippen LogP contribution in [0.2, 0.25) is 0 Å². The zero-order chi connectivity index (χ0) is 24.6. The van der Waals surface area contributed by atoms with Crippen molar-refractivity contribution >= 4 is 24.1 Å². The first-order valence-corrected chi connectivity index (χ1v) is 12.0. The molecule has 0 saturated heterocycles. The van der Waals surface area contributed by atoms with E-state index in [1.165, 1.54) is 6.92 Å². The van der Waals surface area contributed by atoms with Crippen LogP contribution in [0.4, 0.5) is 38.0 Å². The SMILES string of the molecule is Cc1cc(Oc2nc(Nc3ccc(P(C)(C)=O)cc3)ncc2C(F)(F)F)cc(C(F)(F)F)c1. The van der Waals surface area contributed by atoms with Crippen LogP contribution in [0.15, 0.2) is 48.7 Å². The molecule has 0 bridgehead atoms. The number of aromatic nitrogens is 2. The van der Waals surface area contributed by atoms with Gasteiger partial charge in [0.25, 0.3) is 0 Å². The van der Waals surface area contributed by atoms with E-state index in [2.05, 4.69) is 15.3 Å². The summed E-state index contributed by atoms with van der Waals surface area (Å²) in [6.07, 6.45) is -9.14. The van der Waals surface area contributed by atoms with Gasteiger partial charge in [-0.1, -0.05) is 0 Å². The maximum atomic E-state index is 13.4. The highest BCUT2D eigenvalue weighted by Crippen LogP contribution is 2.39. The number of hydrogen-bond donors (Lipinski definition) is 1. The monoisotopic (exact) mass is 489 g/mol. The average molecular weight is 489 g/mol. The highest BCUT2D eigenvalue weighted by atomic mass is 31.2. The fraction of sp³-hybridized carbons (Fsp3) is 0.238. The van der Waals surface area contributed by atoms with Crippen LogP contribution in [0.3, 0.4) is 0 Å². The number of halogens is 6. The van der Waals surface area contributed by atoms with Crippen LogP contribution in [0, 0.1) is 6.92 Å². The van der Waals surface area contributed by atoms with Crippen LogP contribution in [-0.4, -0.2) is 23.3 Å². The second-order valence-corrected chi connectivity index (χ2v) is 10.8. The summed E-state index contributed by atoms with van der Waals surface area (Å²) >= 11 is 0. The Morgan fingerprint density at radius 3 is 2.12 bits per heavy atom. The Morgan fingerprint density at radius 1 is 0.939 bits per heavy atom. The molecule has 1 N–H and O–H groups in total. The molecular weight excluding hydrogens is 471 g/mol. The second-order valence-electron chi connectivity index (χ2n) is 7.57. The van der Waals surface area contributed by atoms with Crippen molar-refractivity contribution in [2.75, 3.05) is 18.6 Å². The molecule has 33 heavy (non-hydrogen) atoms. The summed E-state index contributed by atoms with van der Waals surface area (Å²) in [7, 11) is -2.50. The normalized spacial score (nSPS) is 12.5. The molecule has 5 nitrogen and oxygen atoms in total. The van der Waals surface area contributed by atoms with Crippen molar-refractivity contribution in [3.63, 3.8) is 0 Å². The molecule has 0 amide bonds.